The maximum Gasteiger partial charge on any atom is 0.264 e. The lowest BCUT2D eigenvalue weighted by Gasteiger charge is -2.24. The topological polar surface area (TPSA) is 83.8 Å². The molecule has 40 heavy (non-hydrogen) atoms. The van der Waals surface area contributed by atoms with E-state index in [0.29, 0.717) is 20.8 Å². The smallest absolute Gasteiger partial charge is 0.264 e. The summed E-state index contributed by atoms with van der Waals surface area (Å²) in [4.78, 5) is 13.0. The van der Waals surface area contributed by atoms with Crippen LogP contribution in [0.5, 0.6) is 0 Å². The normalized spacial score (nSPS) is 11.7. The fraction of sp³-hybridized carbons (Fsp3) is 0.172. The number of hydrogen-bond donors (Lipinski definition) is 1. The molecule has 0 saturated carbocycles. The zero-order valence-corrected chi connectivity index (χ0v) is 25.3. The van der Waals surface area contributed by atoms with Gasteiger partial charge in [0, 0.05) is 27.0 Å². The van der Waals surface area contributed by atoms with Crippen LogP contribution in [-0.2, 0) is 14.8 Å². The van der Waals surface area contributed by atoms with Crippen LogP contribution >= 0.6 is 34.8 Å². The predicted octanol–water partition coefficient (Wildman–Crippen LogP) is 7.02. The Hall–Kier alpha value is -3.30. The molecule has 0 fully saturated rings. The Balaban J connectivity index is 1.58. The summed E-state index contributed by atoms with van der Waals surface area (Å²) in [5, 5.41) is 5.59. The molecule has 0 saturated heterocycles. The van der Waals surface area contributed by atoms with Crippen molar-refractivity contribution in [2.45, 2.75) is 32.6 Å². The number of nitrogens with one attached hydrogen (secondary N) is 1. The molecule has 7 nitrogen and oxygen atoms in total. The van der Waals surface area contributed by atoms with Gasteiger partial charge in [-0.25, -0.2) is 13.8 Å². The molecule has 0 aliphatic carbocycles. The lowest BCUT2D eigenvalue weighted by molar-refractivity contribution is -0.119. The molecule has 1 aromatic heterocycles. The first-order valence-electron chi connectivity index (χ1n) is 12.2. The SMILES string of the molecule is Cc1ccc(N(CC(=O)N/N=C\c2cc(C)n(-c3cc(Cl)ccc3Cl)c2C)S(=O)(=O)c2ccc(Cl)cc2)cc1C. The molecule has 0 spiro atoms. The number of carbonyl (C=O) groups excluding carboxylic acids is 1. The van der Waals surface area contributed by atoms with Gasteiger partial charge in [-0.15, -0.1) is 0 Å². The summed E-state index contributed by atoms with van der Waals surface area (Å²) in [6.07, 6.45) is 1.50. The van der Waals surface area contributed by atoms with Crippen molar-refractivity contribution in [2.75, 3.05) is 10.8 Å². The molecule has 4 aromatic rings. The Morgan fingerprint density at radius 3 is 2.25 bits per heavy atom. The maximum atomic E-state index is 13.6. The highest BCUT2D eigenvalue weighted by Gasteiger charge is 2.27. The van der Waals surface area contributed by atoms with E-state index in [0.717, 1.165) is 38.1 Å². The number of aromatic nitrogens is 1. The molecule has 11 heteroatoms. The molecule has 0 radical (unpaired) electrons. The number of anilines is 1. The summed E-state index contributed by atoms with van der Waals surface area (Å²) in [5.41, 5.74) is 7.90. The minimum atomic E-state index is -4.08. The molecule has 0 unspecified atom stereocenters. The number of amides is 1. The van der Waals surface area contributed by atoms with Crippen LogP contribution in [-0.4, -0.2) is 31.7 Å². The van der Waals surface area contributed by atoms with Gasteiger partial charge in [0.25, 0.3) is 15.9 Å². The van der Waals surface area contributed by atoms with Gasteiger partial charge < -0.3 is 4.57 Å². The lowest BCUT2D eigenvalue weighted by atomic mass is 10.1. The van der Waals surface area contributed by atoms with Crippen LogP contribution in [0.3, 0.4) is 0 Å². The summed E-state index contributed by atoms with van der Waals surface area (Å²) in [5.74, 6) is -0.612. The van der Waals surface area contributed by atoms with Gasteiger partial charge in [-0.2, -0.15) is 5.10 Å². The van der Waals surface area contributed by atoms with Crippen LogP contribution in [0.25, 0.3) is 5.69 Å². The van der Waals surface area contributed by atoms with Crippen molar-refractivity contribution in [3.63, 3.8) is 0 Å². The fourth-order valence-corrected chi connectivity index (χ4v) is 6.12. The van der Waals surface area contributed by atoms with E-state index < -0.39 is 22.5 Å². The Kier molecular flexibility index (Phi) is 8.95. The number of benzene rings is 3. The van der Waals surface area contributed by atoms with Crippen molar-refractivity contribution < 1.29 is 13.2 Å². The molecule has 0 bridgehead atoms. The van der Waals surface area contributed by atoms with Gasteiger partial charge in [0.1, 0.15) is 6.54 Å². The van der Waals surface area contributed by atoms with E-state index in [-0.39, 0.29) is 4.90 Å². The Labute approximate surface area is 249 Å². The Morgan fingerprint density at radius 2 is 1.57 bits per heavy atom. The van der Waals surface area contributed by atoms with Gasteiger partial charge in [-0.1, -0.05) is 40.9 Å². The van der Waals surface area contributed by atoms with E-state index in [9.17, 15) is 13.2 Å². The third-order valence-electron chi connectivity index (χ3n) is 6.48. The largest absolute Gasteiger partial charge is 0.316 e. The summed E-state index contributed by atoms with van der Waals surface area (Å²) in [6, 6.07) is 18.1. The number of halogens is 3. The number of hydrogen-bond acceptors (Lipinski definition) is 4. The van der Waals surface area contributed by atoms with Gasteiger partial charge in [-0.3, -0.25) is 9.10 Å². The van der Waals surface area contributed by atoms with Crippen LogP contribution in [0.15, 0.2) is 76.7 Å². The zero-order chi connectivity index (χ0) is 29.2. The van der Waals surface area contributed by atoms with Crippen molar-refractivity contribution in [1.29, 1.82) is 0 Å². The van der Waals surface area contributed by atoms with Crippen LogP contribution in [0.4, 0.5) is 5.69 Å². The number of sulfonamides is 1. The molecule has 1 heterocycles. The maximum absolute atomic E-state index is 13.6. The van der Waals surface area contributed by atoms with E-state index in [1.807, 2.05) is 44.4 Å². The average molecular weight is 618 g/mol. The van der Waals surface area contributed by atoms with Crippen LogP contribution in [0.2, 0.25) is 15.1 Å². The molecule has 0 atom stereocenters. The standard InChI is InChI=1S/C29H27Cl3N4O3S/c1-18-5-9-25(13-19(18)2)35(40(38,39)26-10-6-23(30)7-11-26)17-29(37)34-33-16-22-14-20(3)36(21(22)4)28-15-24(31)8-12-27(28)32/h5-16H,17H2,1-4H3,(H,34,37)/b33-16-. The molecular formula is C29H27Cl3N4O3S. The fourth-order valence-electron chi connectivity index (χ4n) is 4.22. The van der Waals surface area contributed by atoms with E-state index >= 15 is 0 Å². The van der Waals surface area contributed by atoms with Crippen molar-refractivity contribution in [1.82, 2.24) is 9.99 Å². The highest BCUT2D eigenvalue weighted by molar-refractivity contribution is 7.92. The molecule has 4 rings (SSSR count). The first-order valence-corrected chi connectivity index (χ1v) is 14.8. The van der Waals surface area contributed by atoms with E-state index in [2.05, 4.69) is 10.5 Å². The van der Waals surface area contributed by atoms with Gasteiger partial charge in [0.2, 0.25) is 0 Å². The third kappa shape index (κ3) is 6.36. The lowest BCUT2D eigenvalue weighted by Crippen LogP contribution is -2.39. The number of hydrazone groups is 1. The summed E-state index contributed by atoms with van der Waals surface area (Å²) in [7, 11) is -4.08. The highest BCUT2D eigenvalue weighted by Crippen LogP contribution is 2.29. The average Bonchev–Trinajstić information content (AvgIpc) is 3.18. The Morgan fingerprint density at radius 1 is 0.900 bits per heavy atom. The van der Waals surface area contributed by atoms with Crippen molar-refractivity contribution in [2.24, 2.45) is 5.10 Å². The quantitative estimate of drug-likeness (QED) is 0.170. The van der Waals surface area contributed by atoms with E-state index in [4.69, 9.17) is 34.8 Å². The molecule has 1 N–H and O–H groups in total. The molecule has 1 amide bonds. The zero-order valence-electron chi connectivity index (χ0n) is 22.2. The second-order valence-electron chi connectivity index (χ2n) is 9.28. The number of aryl methyl sites for hydroxylation is 3. The predicted molar refractivity (Wildman–Crippen MR) is 163 cm³/mol. The number of carbonyl (C=O) groups is 1. The highest BCUT2D eigenvalue weighted by atomic mass is 35.5. The second kappa shape index (κ2) is 12.1. The second-order valence-corrected chi connectivity index (χ2v) is 12.4. The molecule has 208 valence electrons. The van der Waals surface area contributed by atoms with Gasteiger partial charge in [-0.05, 0) is 99.5 Å². The van der Waals surface area contributed by atoms with Crippen molar-refractivity contribution >= 4 is 62.6 Å². The van der Waals surface area contributed by atoms with E-state index in [1.54, 1.807) is 30.3 Å². The minimum absolute atomic E-state index is 0.0125. The van der Waals surface area contributed by atoms with Gasteiger partial charge in [0.15, 0.2) is 0 Å². The van der Waals surface area contributed by atoms with Crippen molar-refractivity contribution in [3.05, 3.63) is 110 Å². The first kappa shape index (κ1) is 29.7. The minimum Gasteiger partial charge on any atom is -0.316 e. The van der Waals surface area contributed by atoms with Crippen molar-refractivity contribution in [3.8, 4) is 5.69 Å². The van der Waals surface area contributed by atoms with E-state index in [1.165, 1.54) is 30.5 Å². The van der Waals surface area contributed by atoms with Gasteiger partial charge >= 0.3 is 0 Å². The third-order valence-corrected chi connectivity index (χ3v) is 9.07. The molecule has 0 aliphatic heterocycles. The first-order chi connectivity index (χ1) is 18.9. The summed E-state index contributed by atoms with van der Waals surface area (Å²) in [6.45, 7) is 7.14. The van der Waals surface area contributed by atoms with Gasteiger partial charge in [0.05, 0.1) is 27.5 Å². The monoisotopic (exact) mass is 616 g/mol. The summed E-state index contributed by atoms with van der Waals surface area (Å²) < 4.78 is 30.2. The summed E-state index contributed by atoms with van der Waals surface area (Å²) >= 11 is 18.5. The molecule has 0 aliphatic rings. The van der Waals surface area contributed by atoms with Crippen LogP contribution < -0.4 is 9.73 Å². The van der Waals surface area contributed by atoms with Crippen LogP contribution in [0, 0.1) is 27.7 Å². The molecule has 3 aromatic carbocycles. The number of rotatable bonds is 8. The van der Waals surface area contributed by atoms with Crippen LogP contribution in [0.1, 0.15) is 28.1 Å². The molecular weight excluding hydrogens is 591 g/mol. The number of nitrogens with zero attached hydrogens (tertiary/aromatic N) is 3. The Bertz CT molecular complexity index is 1720.